The van der Waals surface area contributed by atoms with E-state index in [4.69, 9.17) is 10.6 Å². The van der Waals surface area contributed by atoms with Crippen LogP contribution >= 0.6 is 35.1 Å². The molecule has 0 bridgehead atoms. The number of nitrogens with two attached hydrogens (primary N) is 1. The normalized spacial score (nSPS) is 19.6. The highest BCUT2D eigenvalue weighted by atomic mass is 32.2. The first kappa shape index (κ1) is 25.4. The van der Waals surface area contributed by atoms with Gasteiger partial charge >= 0.3 is 5.97 Å². The molecule has 2 aliphatic heterocycles. The summed E-state index contributed by atoms with van der Waals surface area (Å²) in [5.74, 6) is -2.25. The van der Waals surface area contributed by atoms with Crippen molar-refractivity contribution in [2.45, 2.75) is 11.4 Å². The van der Waals surface area contributed by atoms with Gasteiger partial charge in [-0.15, -0.1) is 11.8 Å². The fraction of sp³-hybridized carbons (Fsp3) is 0.190. The lowest BCUT2D eigenvalue weighted by Crippen LogP contribution is -2.71. The molecule has 0 aromatic carbocycles. The SMILES string of the molecule is C=CCON=C(C(=O)NC1C(=O)N2C(C(=O)O)=C(S/C=C\c3ccccn3)CS[C@H]12)c1nsc(N)n1. The molecule has 2 aromatic rings. The van der Waals surface area contributed by atoms with E-state index in [0.717, 1.165) is 17.2 Å². The average Bonchev–Trinajstić information content (AvgIpc) is 3.30. The van der Waals surface area contributed by atoms with Crippen LogP contribution in [0.1, 0.15) is 11.5 Å². The van der Waals surface area contributed by atoms with Gasteiger partial charge < -0.3 is 21.0 Å². The molecule has 2 aromatic heterocycles. The van der Waals surface area contributed by atoms with Crippen LogP contribution in [0.25, 0.3) is 6.08 Å². The second kappa shape index (κ2) is 11.4. The van der Waals surface area contributed by atoms with E-state index in [1.54, 1.807) is 23.7 Å². The molecular formula is C21H19N7O5S3. The van der Waals surface area contributed by atoms with Crippen molar-refractivity contribution in [3.8, 4) is 0 Å². The quantitative estimate of drug-likeness (QED) is 0.130. The van der Waals surface area contributed by atoms with Crippen molar-refractivity contribution in [1.29, 1.82) is 0 Å². The number of hydrogen-bond acceptors (Lipinski definition) is 12. The van der Waals surface area contributed by atoms with Gasteiger partial charge in [-0.3, -0.25) is 19.5 Å². The lowest BCUT2D eigenvalue weighted by Gasteiger charge is -2.49. The number of carboxylic acid groups (broad SMARTS) is 1. The molecule has 1 fully saturated rings. The van der Waals surface area contributed by atoms with Gasteiger partial charge in [0.25, 0.3) is 11.8 Å². The number of nitrogens with one attached hydrogen (secondary N) is 1. The number of nitrogen functional groups attached to an aromatic ring is 1. The van der Waals surface area contributed by atoms with Crippen molar-refractivity contribution in [2.75, 3.05) is 18.1 Å². The Kier molecular flexibility index (Phi) is 8.02. The van der Waals surface area contributed by atoms with Crippen molar-refractivity contribution >= 4 is 69.8 Å². The summed E-state index contributed by atoms with van der Waals surface area (Å²) >= 11 is 3.42. The Hall–Kier alpha value is -3.69. The molecule has 1 saturated heterocycles. The summed E-state index contributed by atoms with van der Waals surface area (Å²) in [7, 11) is 0. The third-order valence-corrected chi connectivity index (χ3v) is 7.68. The third-order valence-electron chi connectivity index (χ3n) is 4.78. The highest BCUT2D eigenvalue weighted by Crippen LogP contribution is 2.43. The molecule has 1 unspecified atom stereocenters. The number of hydrogen-bond donors (Lipinski definition) is 3. The molecule has 2 aliphatic rings. The van der Waals surface area contributed by atoms with Crippen molar-refractivity contribution < 1.29 is 24.3 Å². The minimum absolute atomic E-state index is 0.0347. The summed E-state index contributed by atoms with van der Waals surface area (Å²) < 4.78 is 3.97. The number of aromatic nitrogens is 3. The summed E-state index contributed by atoms with van der Waals surface area (Å²) in [5, 5.41) is 17.4. The topological polar surface area (TPSA) is 173 Å². The van der Waals surface area contributed by atoms with E-state index in [9.17, 15) is 19.5 Å². The molecule has 4 N–H and O–H groups in total. The van der Waals surface area contributed by atoms with Gasteiger partial charge in [0.05, 0.1) is 5.69 Å². The van der Waals surface area contributed by atoms with Crippen molar-refractivity contribution in [3.63, 3.8) is 0 Å². The van der Waals surface area contributed by atoms with Gasteiger partial charge in [0, 0.05) is 28.4 Å². The minimum atomic E-state index is -1.23. The van der Waals surface area contributed by atoms with Crippen LogP contribution in [-0.2, 0) is 19.2 Å². The molecule has 4 rings (SSSR count). The standard InChI is InChI=1S/C21H19N7O5S3/c1-2-8-33-26-13(16-25-21(22)36-27-16)17(29)24-14-18(30)28-15(20(31)32)12(10-35-19(14)28)34-9-6-11-5-3-4-7-23-11/h2-7,9,14,19H,1,8,10H2,(H,24,29)(H,31,32)(H2,22,25,27)/b9-6-,26-13?/t14?,19-/m1/s1. The molecule has 186 valence electrons. The number of fused-ring (bicyclic) bond motifs is 1. The van der Waals surface area contributed by atoms with Crippen molar-refractivity contribution in [2.24, 2.45) is 5.16 Å². The molecule has 15 heteroatoms. The Bertz CT molecular complexity index is 1280. The van der Waals surface area contributed by atoms with Gasteiger partial charge in [-0.25, -0.2) is 4.79 Å². The maximum atomic E-state index is 12.9. The van der Waals surface area contributed by atoms with Gasteiger partial charge in [0.1, 0.15) is 23.7 Å². The highest BCUT2D eigenvalue weighted by molar-refractivity contribution is 8.08. The third kappa shape index (κ3) is 5.42. The van der Waals surface area contributed by atoms with Crippen LogP contribution in [0.3, 0.4) is 0 Å². The first-order valence-electron chi connectivity index (χ1n) is 10.3. The second-order valence-electron chi connectivity index (χ2n) is 7.09. The number of anilines is 1. The lowest BCUT2D eigenvalue weighted by atomic mass is 10.0. The van der Waals surface area contributed by atoms with Crippen molar-refractivity contribution in [3.05, 3.63) is 64.6 Å². The summed E-state index contributed by atoms with van der Waals surface area (Å²) in [5.41, 5.74) is 5.96. The number of carbonyl (C=O) groups is 3. The summed E-state index contributed by atoms with van der Waals surface area (Å²) in [6.45, 7) is 3.54. The van der Waals surface area contributed by atoms with E-state index in [0.29, 0.717) is 10.7 Å². The molecule has 0 radical (unpaired) electrons. The van der Waals surface area contributed by atoms with E-state index in [2.05, 4.69) is 31.4 Å². The summed E-state index contributed by atoms with van der Waals surface area (Å²) in [6.07, 6.45) is 4.85. The smallest absolute Gasteiger partial charge is 0.353 e. The number of aliphatic carboxylic acids is 1. The predicted octanol–water partition coefficient (Wildman–Crippen LogP) is 1.52. The number of carboxylic acids is 1. The Labute approximate surface area is 217 Å². The number of pyridine rings is 1. The Morgan fingerprint density at radius 3 is 2.94 bits per heavy atom. The number of oxime groups is 1. The molecule has 2 atom stereocenters. The van der Waals surface area contributed by atoms with Crippen LogP contribution in [0.2, 0.25) is 0 Å². The highest BCUT2D eigenvalue weighted by Gasteiger charge is 2.54. The van der Waals surface area contributed by atoms with Gasteiger partial charge in [-0.2, -0.15) is 9.36 Å². The predicted molar refractivity (Wildman–Crippen MR) is 138 cm³/mol. The summed E-state index contributed by atoms with van der Waals surface area (Å²) in [4.78, 5) is 52.8. The molecule has 0 spiro atoms. The van der Waals surface area contributed by atoms with Crippen LogP contribution in [0, 0.1) is 0 Å². The second-order valence-corrected chi connectivity index (χ2v) is 9.98. The van der Waals surface area contributed by atoms with Crippen LogP contribution in [0.4, 0.5) is 5.13 Å². The molecule has 12 nitrogen and oxygen atoms in total. The molecule has 0 saturated carbocycles. The number of thioether (sulfide) groups is 2. The van der Waals surface area contributed by atoms with Crippen LogP contribution in [-0.4, -0.2) is 71.6 Å². The van der Waals surface area contributed by atoms with Crippen LogP contribution in [0.5, 0.6) is 0 Å². The average molecular weight is 546 g/mol. The number of amides is 2. The van der Waals surface area contributed by atoms with Gasteiger partial charge in [-0.05, 0) is 23.6 Å². The Morgan fingerprint density at radius 2 is 2.28 bits per heavy atom. The molecule has 2 amide bonds. The van der Waals surface area contributed by atoms with E-state index < -0.39 is 29.2 Å². The van der Waals surface area contributed by atoms with E-state index in [1.165, 1.54) is 34.5 Å². The van der Waals surface area contributed by atoms with E-state index in [1.807, 2.05) is 12.1 Å². The number of β-lactam (4-membered cyclic amide) rings is 1. The first-order valence-corrected chi connectivity index (χ1v) is 13.0. The van der Waals surface area contributed by atoms with Crippen molar-refractivity contribution in [1.82, 2.24) is 24.6 Å². The zero-order chi connectivity index (χ0) is 25.7. The molecular weight excluding hydrogens is 526 g/mol. The fourth-order valence-electron chi connectivity index (χ4n) is 3.22. The van der Waals surface area contributed by atoms with Crippen LogP contribution < -0.4 is 11.1 Å². The maximum absolute atomic E-state index is 12.9. The Morgan fingerprint density at radius 1 is 1.44 bits per heavy atom. The van der Waals surface area contributed by atoms with Gasteiger partial charge in [0.15, 0.2) is 5.13 Å². The zero-order valence-electron chi connectivity index (χ0n) is 18.4. The summed E-state index contributed by atoms with van der Waals surface area (Å²) in [6, 6.07) is 4.49. The first-order chi connectivity index (χ1) is 17.4. The molecule has 4 heterocycles. The zero-order valence-corrected chi connectivity index (χ0v) is 20.9. The maximum Gasteiger partial charge on any atom is 0.353 e. The van der Waals surface area contributed by atoms with E-state index in [-0.39, 0.29) is 29.0 Å². The fourth-order valence-corrected chi connectivity index (χ4v) is 6.00. The largest absolute Gasteiger partial charge is 0.477 e. The van der Waals surface area contributed by atoms with Gasteiger partial charge in [-0.1, -0.05) is 35.6 Å². The van der Waals surface area contributed by atoms with Gasteiger partial charge in [0.2, 0.25) is 11.5 Å². The molecule has 36 heavy (non-hydrogen) atoms. The van der Waals surface area contributed by atoms with Crippen LogP contribution in [0.15, 0.2) is 58.2 Å². The molecule has 0 aliphatic carbocycles. The number of carbonyl (C=O) groups excluding carboxylic acids is 2. The minimum Gasteiger partial charge on any atom is -0.477 e. The number of rotatable bonds is 10. The number of nitrogens with zero attached hydrogens (tertiary/aromatic N) is 5. The lowest BCUT2D eigenvalue weighted by molar-refractivity contribution is -0.150. The monoisotopic (exact) mass is 545 g/mol. The Balaban J connectivity index is 1.49. The van der Waals surface area contributed by atoms with E-state index >= 15 is 0 Å².